The smallest absolute Gasteiger partial charge is 1.00 e. The van der Waals surface area contributed by atoms with Crippen molar-refractivity contribution in [1.82, 2.24) is 5.32 Å². The van der Waals surface area contributed by atoms with E-state index in [-0.39, 0.29) is 43.8 Å². The molecule has 0 unspecified atom stereocenters. The maximum absolute atomic E-state index is 10.7. The molecule has 1 atom stereocenters. The van der Waals surface area contributed by atoms with Crippen LogP contribution in [-0.4, -0.2) is 34.7 Å². The van der Waals surface area contributed by atoms with Gasteiger partial charge in [-0.1, -0.05) is 19.8 Å². The summed E-state index contributed by atoms with van der Waals surface area (Å²) >= 11 is 0. The van der Waals surface area contributed by atoms with E-state index in [1.54, 1.807) is 0 Å². The SMILES string of the molecule is CCCCCN[C@@H](CCC(=O)O)C(=O)O.[H-].[Na+]. The molecule has 0 saturated heterocycles. The van der Waals surface area contributed by atoms with E-state index < -0.39 is 18.0 Å². The molecule has 0 rings (SSSR count). The minimum Gasteiger partial charge on any atom is -1.00 e. The first-order valence-electron chi connectivity index (χ1n) is 5.26. The second kappa shape index (κ2) is 11.4. The number of carboxylic acids is 2. The van der Waals surface area contributed by atoms with Gasteiger partial charge in [0.25, 0.3) is 0 Å². The zero-order chi connectivity index (χ0) is 11.7. The molecule has 0 saturated carbocycles. The second-order valence-corrected chi connectivity index (χ2v) is 3.48. The number of rotatable bonds is 9. The van der Waals surface area contributed by atoms with E-state index in [4.69, 9.17) is 10.2 Å². The predicted molar refractivity (Wildman–Crippen MR) is 56.9 cm³/mol. The average molecular weight is 241 g/mol. The molecule has 0 bridgehead atoms. The number of nitrogens with one attached hydrogen (secondary N) is 1. The van der Waals surface area contributed by atoms with Crippen molar-refractivity contribution in [3.8, 4) is 0 Å². The Labute approximate surface area is 119 Å². The van der Waals surface area contributed by atoms with E-state index >= 15 is 0 Å². The number of hydrogen-bond donors (Lipinski definition) is 3. The molecule has 0 radical (unpaired) electrons. The summed E-state index contributed by atoms with van der Waals surface area (Å²) in [6.07, 6.45) is 3.08. The third-order valence-electron chi connectivity index (χ3n) is 2.12. The van der Waals surface area contributed by atoms with Crippen LogP contribution in [0.1, 0.15) is 40.5 Å². The molecule has 90 valence electrons. The fourth-order valence-electron chi connectivity index (χ4n) is 1.23. The molecule has 3 N–H and O–H groups in total. The minimum absolute atomic E-state index is 0. The quantitative estimate of drug-likeness (QED) is 0.327. The van der Waals surface area contributed by atoms with Gasteiger partial charge < -0.3 is 17.0 Å². The molecule has 0 aliphatic rings. The summed E-state index contributed by atoms with van der Waals surface area (Å²) in [6.45, 7) is 2.70. The number of hydrogen-bond acceptors (Lipinski definition) is 3. The molecule has 0 heterocycles. The Bertz CT molecular complexity index is 216. The van der Waals surface area contributed by atoms with Gasteiger partial charge in [0.15, 0.2) is 0 Å². The fraction of sp³-hybridized carbons (Fsp3) is 0.800. The van der Waals surface area contributed by atoms with Gasteiger partial charge >= 0.3 is 41.5 Å². The van der Waals surface area contributed by atoms with Crippen LogP contribution in [0.25, 0.3) is 0 Å². The molecule has 6 heteroatoms. The van der Waals surface area contributed by atoms with Gasteiger partial charge in [0.05, 0.1) is 0 Å². The van der Waals surface area contributed by atoms with Gasteiger partial charge in [0, 0.05) is 6.42 Å². The van der Waals surface area contributed by atoms with Crippen LogP contribution in [0.2, 0.25) is 0 Å². The van der Waals surface area contributed by atoms with Crippen molar-refractivity contribution in [2.24, 2.45) is 0 Å². The van der Waals surface area contributed by atoms with Gasteiger partial charge in [-0.3, -0.25) is 9.59 Å². The van der Waals surface area contributed by atoms with E-state index in [2.05, 4.69) is 12.2 Å². The Hall–Kier alpha value is -0.100. The van der Waals surface area contributed by atoms with Crippen molar-refractivity contribution in [2.75, 3.05) is 6.54 Å². The van der Waals surface area contributed by atoms with Crippen molar-refractivity contribution in [2.45, 2.75) is 45.1 Å². The van der Waals surface area contributed by atoms with Crippen LogP contribution >= 0.6 is 0 Å². The van der Waals surface area contributed by atoms with Crippen LogP contribution in [0.4, 0.5) is 0 Å². The molecule has 5 nitrogen and oxygen atoms in total. The largest absolute Gasteiger partial charge is 1.00 e. The first-order chi connectivity index (χ1) is 7.07. The van der Waals surface area contributed by atoms with Gasteiger partial charge in [-0.15, -0.1) is 0 Å². The Morgan fingerprint density at radius 1 is 1.31 bits per heavy atom. The van der Waals surface area contributed by atoms with E-state index in [0.717, 1.165) is 19.3 Å². The average Bonchev–Trinajstić information content (AvgIpc) is 2.15. The van der Waals surface area contributed by atoms with Crippen molar-refractivity contribution >= 4 is 11.9 Å². The van der Waals surface area contributed by atoms with Crippen LogP contribution in [0.3, 0.4) is 0 Å². The standard InChI is InChI=1S/C10H19NO4.Na.H/c1-2-3-4-7-11-8(10(14)15)5-6-9(12)13;;/h8,11H,2-7H2,1H3,(H,12,13)(H,14,15);;/q;+1;-1/t8-;;/m0../s1. The van der Waals surface area contributed by atoms with Crippen molar-refractivity contribution < 1.29 is 50.8 Å². The summed E-state index contributed by atoms with van der Waals surface area (Å²) in [5.41, 5.74) is 0. The summed E-state index contributed by atoms with van der Waals surface area (Å²) in [7, 11) is 0. The molecule has 16 heavy (non-hydrogen) atoms. The predicted octanol–water partition coefficient (Wildman–Crippen LogP) is -1.80. The Morgan fingerprint density at radius 2 is 1.94 bits per heavy atom. The molecule has 0 aliphatic carbocycles. The summed E-state index contributed by atoms with van der Waals surface area (Å²) in [5, 5.41) is 20.1. The Balaban J connectivity index is -0.000000980. The summed E-state index contributed by atoms with van der Waals surface area (Å²) < 4.78 is 0. The zero-order valence-electron chi connectivity index (χ0n) is 11.0. The maximum Gasteiger partial charge on any atom is 1.00 e. The molecule has 0 aromatic heterocycles. The molecular weight excluding hydrogens is 221 g/mol. The van der Waals surface area contributed by atoms with Crippen molar-refractivity contribution in [1.29, 1.82) is 0 Å². The molecule has 0 aliphatic heterocycles. The van der Waals surface area contributed by atoms with E-state index in [0.29, 0.717) is 6.54 Å². The first kappa shape index (κ1) is 18.3. The molecule has 0 aromatic carbocycles. The van der Waals surface area contributed by atoms with Crippen LogP contribution in [0.15, 0.2) is 0 Å². The summed E-state index contributed by atoms with van der Waals surface area (Å²) in [4.78, 5) is 21.0. The van der Waals surface area contributed by atoms with Crippen LogP contribution < -0.4 is 34.9 Å². The number of unbranched alkanes of at least 4 members (excludes halogenated alkanes) is 2. The second-order valence-electron chi connectivity index (χ2n) is 3.48. The van der Waals surface area contributed by atoms with E-state index in [1.165, 1.54) is 0 Å². The third-order valence-corrected chi connectivity index (χ3v) is 2.12. The normalized spacial score (nSPS) is 11.6. The molecule has 0 amide bonds. The summed E-state index contributed by atoms with van der Waals surface area (Å²) in [6, 6.07) is -0.738. The number of carboxylic acid groups (broad SMARTS) is 2. The topological polar surface area (TPSA) is 86.6 Å². The van der Waals surface area contributed by atoms with E-state index in [1.807, 2.05) is 0 Å². The van der Waals surface area contributed by atoms with Gasteiger partial charge in [0.2, 0.25) is 0 Å². The summed E-state index contributed by atoms with van der Waals surface area (Å²) in [5.74, 6) is -1.94. The van der Waals surface area contributed by atoms with E-state index in [9.17, 15) is 9.59 Å². The maximum atomic E-state index is 10.7. The van der Waals surface area contributed by atoms with Crippen LogP contribution in [0.5, 0.6) is 0 Å². The Kier molecular flexibility index (Phi) is 13.0. The minimum atomic E-state index is -0.979. The third kappa shape index (κ3) is 10.4. The Morgan fingerprint density at radius 3 is 2.38 bits per heavy atom. The van der Waals surface area contributed by atoms with Crippen LogP contribution in [-0.2, 0) is 9.59 Å². The van der Waals surface area contributed by atoms with Gasteiger partial charge in [-0.25, -0.2) is 0 Å². The first-order valence-corrected chi connectivity index (χ1v) is 5.26. The van der Waals surface area contributed by atoms with Gasteiger partial charge in [0.1, 0.15) is 6.04 Å². The molecular formula is C10H20NNaO4. The number of aliphatic carboxylic acids is 2. The molecule has 0 spiro atoms. The van der Waals surface area contributed by atoms with Crippen LogP contribution in [0, 0.1) is 0 Å². The monoisotopic (exact) mass is 241 g/mol. The zero-order valence-corrected chi connectivity index (χ0v) is 12.0. The van der Waals surface area contributed by atoms with Crippen molar-refractivity contribution in [3.63, 3.8) is 0 Å². The van der Waals surface area contributed by atoms with Crippen molar-refractivity contribution in [3.05, 3.63) is 0 Å². The fourth-order valence-corrected chi connectivity index (χ4v) is 1.23. The van der Waals surface area contributed by atoms with Gasteiger partial charge in [-0.05, 0) is 19.4 Å². The molecule has 0 fully saturated rings. The number of carbonyl (C=O) groups is 2. The van der Waals surface area contributed by atoms with Gasteiger partial charge in [-0.2, -0.15) is 0 Å². The molecule has 0 aromatic rings.